The molecule has 6 nitrogen and oxygen atoms in total. The average molecular weight is 378 g/mol. The number of carbonyl (C=O) groups excluding carboxylic acids is 1. The zero-order chi connectivity index (χ0) is 19.8. The number of aromatic nitrogens is 3. The number of rotatable bonds is 4. The van der Waals surface area contributed by atoms with Crippen molar-refractivity contribution in [3.63, 3.8) is 0 Å². The maximum absolute atomic E-state index is 12.6. The first kappa shape index (κ1) is 18.7. The highest BCUT2D eigenvalue weighted by molar-refractivity contribution is 6.07. The second-order valence-electron chi connectivity index (χ2n) is 6.22. The largest absolute Gasteiger partial charge is 0.573 e. The molecule has 142 valence electrons. The molecule has 0 atom stereocenters. The number of aryl methyl sites for hydroxylation is 1. The van der Waals surface area contributed by atoms with Crippen molar-refractivity contribution in [2.45, 2.75) is 33.2 Å². The Bertz CT molecular complexity index is 996. The number of hydrogen-bond acceptors (Lipinski definition) is 4. The van der Waals surface area contributed by atoms with Crippen molar-refractivity contribution >= 4 is 22.6 Å². The van der Waals surface area contributed by atoms with Crippen LogP contribution in [0.4, 0.5) is 18.9 Å². The summed E-state index contributed by atoms with van der Waals surface area (Å²) in [6.45, 7) is 5.58. The Morgan fingerprint density at radius 1 is 1.26 bits per heavy atom. The highest BCUT2D eigenvalue weighted by Crippen LogP contribution is 2.30. The first-order chi connectivity index (χ1) is 12.7. The van der Waals surface area contributed by atoms with Gasteiger partial charge in [-0.25, -0.2) is 9.67 Å². The number of halogens is 3. The van der Waals surface area contributed by atoms with Gasteiger partial charge in [0.2, 0.25) is 0 Å². The Labute approximate surface area is 153 Å². The van der Waals surface area contributed by atoms with E-state index in [4.69, 9.17) is 0 Å². The molecule has 0 fully saturated rings. The number of benzene rings is 1. The molecule has 0 radical (unpaired) electrons. The number of para-hydroxylation sites is 2. The van der Waals surface area contributed by atoms with Crippen molar-refractivity contribution in [3.8, 4) is 5.75 Å². The van der Waals surface area contributed by atoms with Gasteiger partial charge in [-0.1, -0.05) is 12.1 Å². The van der Waals surface area contributed by atoms with Crippen LogP contribution in [0.5, 0.6) is 5.75 Å². The first-order valence-corrected chi connectivity index (χ1v) is 8.16. The summed E-state index contributed by atoms with van der Waals surface area (Å²) in [5.41, 5.74) is 1.24. The van der Waals surface area contributed by atoms with E-state index in [1.807, 2.05) is 13.8 Å². The van der Waals surface area contributed by atoms with E-state index >= 15 is 0 Å². The lowest BCUT2D eigenvalue weighted by Gasteiger charge is -2.14. The van der Waals surface area contributed by atoms with Crippen LogP contribution in [0.25, 0.3) is 11.0 Å². The second-order valence-corrected chi connectivity index (χ2v) is 6.22. The maximum atomic E-state index is 12.6. The lowest BCUT2D eigenvalue weighted by Crippen LogP contribution is -2.20. The number of hydrogen-bond donors (Lipinski definition) is 1. The predicted octanol–water partition coefficient (Wildman–Crippen LogP) is 4.47. The second kappa shape index (κ2) is 6.90. The van der Waals surface area contributed by atoms with Crippen LogP contribution in [0.3, 0.4) is 0 Å². The summed E-state index contributed by atoms with van der Waals surface area (Å²) in [5.74, 6) is -1.07. The average Bonchev–Trinajstić information content (AvgIpc) is 2.97. The Balaban J connectivity index is 1.92. The molecule has 0 saturated carbocycles. The van der Waals surface area contributed by atoms with Gasteiger partial charge in [-0.15, -0.1) is 13.2 Å². The molecule has 9 heteroatoms. The van der Waals surface area contributed by atoms with Crippen LogP contribution in [0.2, 0.25) is 0 Å². The minimum Gasteiger partial charge on any atom is -0.404 e. The first-order valence-electron chi connectivity index (χ1n) is 8.16. The van der Waals surface area contributed by atoms with Crippen LogP contribution in [0.15, 0.2) is 36.5 Å². The van der Waals surface area contributed by atoms with Crippen molar-refractivity contribution in [1.29, 1.82) is 0 Å². The molecule has 2 heterocycles. The summed E-state index contributed by atoms with van der Waals surface area (Å²) < 4.78 is 43.3. The van der Waals surface area contributed by atoms with E-state index in [0.717, 1.165) is 6.07 Å². The SMILES string of the molecule is Cc1nc2c(cnn2C(C)C)cc1C(=O)Nc1ccccc1OC(F)(F)F. The monoisotopic (exact) mass is 378 g/mol. The van der Waals surface area contributed by atoms with Crippen LogP contribution in [-0.2, 0) is 0 Å². The van der Waals surface area contributed by atoms with Crippen LogP contribution in [-0.4, -0.2) is 27.0 Å². The number of ether oxygens (including phenoxy) is 1. The molecule has 1 amide bonds. The number of nitrogens with zero attached hydrogens (tertiary/aromatic N) is 3. The van der Waals surface area contributed by atoms with Gasteiger partial charge in [-0.05, 0) is 39.0 Å². The number of carbonyl (C=O) groups is 1. The van der Waals surface area contributed by atoms with E-state index in [1.165, 1.54) is 18.2 Å². The molecule has 0 spiro atoms. The number of pyridine rings is 1. The van der Waals surface area contributed by atoms with Gasteiger partial charge in [0.05, 0.1) is 23.1 Å². The number of amides is 1. The van der Waals surface area contributed by atoms with Crippen LogP contribution in [0, 0.1) is 6.92 Å². The van der Waals surface area contributed by atoms with Crippen molar-refractivity contribution in [1.82, 2.24) is 14.8 Å². The molecule has 0 aliphatic heterocycles. The van der Waals surface area contributed by atoms with Crippen molar-refractivity contribution in [2.75, 3.05) is 5.32 Å². The van der Waals surface area contributed by atoms with Crippen LogP contribution < -0.4 is 10.1 Å². The quantitative estimate of drug-likeness (QED) is 0.727. The summed E-state index contributed by atoms with van der Waals surface area (Å²) in [4.78, 5) is 17.1. The Kier molecular flexibility index (Phi) is 4.77. The number of nitrogens with one attached hydrogen (secondary N) is 1. The summed E-state index contributed by atoms with van der Waals surface area (Å²) in [7, 11) is 0. The van der Waals surface area contributed by atoms with Crippen molar-refractivity contribution in [3.05, 3.63) is 47.8 Å². The number of anilines is 1. The highest BCUT2D eigenvalue weighted by atomic mass is 19.4. The van der Waals surface area contributed by atoms with Crippen molar-refractivity contribution in [2.24, 2.45) is 0 Å². The smallest absolute Gasteiger partial charge is 0.404 e. The zero-order valence-electron chi connectivity index (χ0n) is 14.8. The summed E-state index contributed by atoms with van der Waals surface area (Å²) in [5, 5.41) is 7.37. The highest BCUT2D eigenvalue weighted by Gasteiger charge is 2.32. The molecule has 2 aromatic heterocycles. The van der Waals surface area contributed by atoms with Gasteiger partial charge >= 0.3 is 6.36 Å². The number of fused-ring (bicyclic) bond motifs is 1. The van der Waals surface area contributed by atoms with E-state index in [-0.39, 0.29) is 17.3 Å². The molecule has 1 aromatic carbocycles. The van der Waals surface area contributed by atoms with Gasteiger partial charge in [0.25, 0.3) is 5.91 Å². The van der Waals surface area contributed by atoms with E-state index in [0.29, 0.717) is 16.7 Å². The molecule has 1 N–H and O–H groups in total. The fourth-order valence-corrected chi connectivity index (χ4v) is 2.65. The standard InChI is InChI=1S/C18H17F3N4O2/c1-10(2)25-16-12(9-22-25)8-13(11(3)23-16)17(26)24-14-6-4-5-7-15(14)27-18(19,20)21/h4-10H,1-3H3,(H,24,26). The van der Waals surface area contributed by atoms with E-state index < -0.39 is 18.0 Å². The summed E-state index contributed by atoms with van der Waals surface area (Å²) in [6, 6.07) is 7.06. The van der Waals surface area contributed by atoms with Crippen molar-refractivity contribution < 1.29 is 22.7 Å². The van der Waals surface area contributed by atoms with Gasteiger partial charge in [-0.3, -0.25) is 4.79 Å². The Hall–Kier alpha value is -3.10. The Morgan fingerprint density at radius 2 is 1.96 bits per heavy atom. The van der Waals surface area contributed by atoms with Gasteiger partial charge in [0.15, 0.2) is 11.4 Å². The Morgan fingerprint density at radius 3 is 2.63 bits per heavy atom. The normalized spacial score (nSPS) is 11.8. The molecule has 0 aliphatic carbocycles. The molecule has 0 aliphatic rings. The van der Waals surface area contributed by atoms with E-state index in [2.05, 4.69) is 20.1 Å². The number of alkyl halides is 3. The molecular formula is C18H17F3N4O2. The topological polar surface area (TPSA) is 69.0 Å². The summed E-state index contributed by atoms with van der Waals surface area (Å²) >= 11 is 0. The van der Waals surface area contributed by atoms with Gasteiger partial charge in [0.1, 0.15) is 0 Å². The fraction of sp³-hybridized carbons (Fsp3) is 0.278. The lowest BCUT2D eigenvalue weighted by atomic mass is 10.1. The third-order valence-electron chi connectivity index (χ3n) is 3.85. The summed E-state index contributed by atoms with van der Waals surface area (Å²) in [6.07, 6.45) is -3.26. The molecule has 3 aromatic rings. The molecule has 3 rings (SSSR count). The molecule has 0 bridgehead atoms. The zero-order valence-corrected chi connectivity index (χ0v) is 14.8. The van der Waals surface area contributed by atoms with Crippen LogP contribution >= 0.6 is 0 Å². The third kappa shape index (κ3) is 4.02. The molecular weight excluding hydrogens is 361 g/mol. The fourth-order valence-electron chi connectivity index (χ4n) is 2.65. The maximum Gasteiger partial charge on any atom is 0.573 e. The van der Waals surface area contributed by atoms with Gasteiger partial charge < -0.3 is 10.1 Å². The molecule has 0 unspecified atom stereocenters. The third-order valence-corrected chi connectivity index (χ3v) is 3.85. The van der Waals surface area contributed by atoms with E-state index in [1.54, 1.807) is 23.9 Å². The van der Waals surface area contributed by atoms with Crippen LogP contribution in [0.1, 0.15) is 35.9 Å². The van der Waals surface area contributed by atoms with Gasteiger partial charge in [0, 0.05) is 11.4 Å². The molecule has 0 saturated heterocycles. The van der Waals surface area contributed by atoms with E-state index in [9.17, 15) is 18.0 Å². The lowest BCUT2D eigenvalue weighted by molar-refractivity contribution is -0.274. The minimum atomic E-state index is -4.86. The molecule has 27 heavy (non-hydrogen) atoms. The minimum absolute atomic E-state index is 0.0859. The van der Waals surface area contributed by atoms with Gasteiger partial charge in [-0.2, -0.15) is 5.10 Å². The predicted molar refractivity (Wildman–Crippen MR) is 93.7 cm³/mol.